The second-order valence-electron chi connectivity index (χ2n) is 7.69. The molecule has 0 radical (unpaired) electrons. The Hall–Kier alpha value is -1.16. The van der Waals surface area contributed by atoms with E-state index in [2.05, 4.69) is 24.8 Å². The Morgan fingerprint density at radius 1 is 1.29 bits per heavy atom. The molecule has 6 nitrogen and oxygen atoms in total. The maximum atomic E-state index is 12.5. The molecule has 0 bridgehead atoms. The zero-order valence-electron chi connectivity index (χ0n) is 15.3. The third kappa shape index (κ3) is 4.92. The lowest BCUT2D eigenvalue weighted by Crippen LogP contribution is -2.54. The first-order chi connectivity index (χ1) is 11.4. The molecule has 2 fully saturated rings. The van der Waals surface area contributed by atoms with Crippen LogP contribution in [0, 0.1) is 23.2 Å². The van der Waals surface area contributed by atoms with Gasteiger partial charge >= 0.3 is 0 Å². The van der Waals surface area contributed by atoms with E-state index in [0.29, 0.717) is 31.5 Å². The molecule has 1 heterocycles. The third-order valence-corrected chi connectivity index (χ3v) is 5.39. The number of hydrogen-bond donors (Lipinski definition) is 1. The minimum Gasteiger partial charge on any atom is -0.393 e. The van der Waals surface area contributed by atoms with Crippen molar-refractivity contribution in [2.75, 3.05) is 46.3 Å². The van der Waals surface area contributed by atoms with Crippen molar-refractivity contribution in [1.29, 1.82) is 5.26 Å². The first-order valence-electron chi connectivity index (χ1n) is 9.20. The molecule has 0 aromatic carbocycles. The van der Waals surface area contributed by atoms with Crippen molar-refractivity contribution in [2.24, 2.45) is 11.8 Å². The summed E-state index contributed by atoms with van der Waals surface area (Å²) in [5.74, 6) is 0.769. The van der Waals surface area contributed by atoms with E-state index in [1.165, 1.54) is 0 Å². The van der Waals surface area contributed by atoms with E-state index >= 15 is 0 Å². The Morgan fingerprint density at radius 2 is 1.96 bits per heavy atom. The summed E-state index contributed by atoms with van der Waals surface area (Å²) < 4.78 is 0. The molecule has 2 rings (SSSR count). The van der Waals surface area contributed by atoms with Gasteiger partial charge in [-0.3, -0.25) is 14.6 Å². The fourth-order valence-corrected chi connectivity index (χ4v) is 3.93. The molecule has 1 saturated carbocycles. The smallest absolute Gasteiger partial charge is 0.236 e. The molecule has 136 valence electrons. The molecular weight excluding hydrogens is 304 g/mol. The number of nitrogens with zero attached hydrogens (tertiary/aromatic N) is 4. The summed E-state index contributed by atoms with van der Waals surface area (Å²) >= 11 is 0. The van der Waals surface area contributed by atoms with E-state index in [0.717, 1.165) is 38.9 Å². The highest BCUT2D eigenvalue weighted by atomic mass is 16.3. The third-order valence-electron chi connectivity index (χ3n) is 5.39. The molecule has 1 aliphatic heterocycles. The van der Waals surface area contributed by atoms with Gasteiger partial charge in [0.05, 0.1) is 18.7 Å². The number of hydrogen-bond acceptors (Lipinski definition) is 5. The van der Waals surface area contributed by atoms with Gasteiger partial charge < -0.3 is 10.0 Å². The predicted molar refractivity (Wildman–Crippen MR) is 93.2 cm³/mol. The summed E-state index contributed by atoms with van der Waals surface area (Å²) in [5.41, 5.74) is 0. The lowest BCUT2D eigenvalue weighted by atomic mass is 10.0. The van der Waals surface area contributed by atoms with Gasteiger partial charge in [0.1, 0.15) is 6.04 Å². The minimum atomic E-state index is -0.204. The molecule has 1 amide bonds. The van der Waals surface area contributed by atoms with Crippen LogP contribution in [-0.4, -0.2) is 84.2 Å². The van der Waals surface area contributed by atoms with Crippen LogP contribution in [0.4, 0.5) is 0 Å². The van der Waals surface area contributed by atoms with Gasteiger partial charge in [0.2, 0.25) is 5.91 Å². The van der Waals surface area contributed by atoms with Crippen LogP contribution in [0.25, 0.3) is 0 Å². The Bertz CT molecular complexity index is 454. The minimum absolute atomic E-state index is 0.0613. The van der Waals surface area contributed by atoms with Crippen molar-refractivity contribution in [3.05, 3.63) is 0 Å². The van der Waals surface area contributed by atoms with Crippen LogP contribution in [0.3, 0.4) is 0 Å². The van der Waals surface area contributed by atoms with Crippen LogP contribution in [0.2, 0.25) is 0 Å². The summed E-state index contributed by atoms with van der Waals surface area (Å²) in [6.07, 6.45) is 2.84. The number of aliphatic hydroxyl groups excluding tert-OH is 1. The van der Waals surface area contributed by atoms with Crippen LogP contribution in [-0.2, 0) is 4.79 Å². The number of piperazine rings is 1. The van der Waals surface area contributed by atoms with E-state index in [9.17, 15) is 15.2 Å². The van der Waals surface area contributed by atoms with Gasteiger partial charge in [-0.25, -0.2) is 0 Å². The Kier molecular flexibility index (Phi) is 7.02. The molecule has 0 aromatic heterocycles. The topological polar surface area (TPSA) is 70.8 Å². The number of carbonyl (C=O) groups excluding carboxylic acids is 1. The first-order valence-corrected chi connectivity index (χ1v) is 9.20. The average molecular weight is 336 g/mol. The second kappa shape index (κ2) is 8.80. The van der Waals surface area contributed by atoms with Crippen molar-refractivity contribution in [2.45, 2.75) is 45.3 Å². The highest BCUT2D eigenvalue weighted by Crippen LogP contribution is 2.26. The van der Waals surface area contributed by atoms with Crippen molar-refractivity contribution >= 4 is 5.91 Å². The van der Waals surface area contributed by atoms with Gasteiger partial charge in [-0.2, -0.15) is 5.26 Å². The lowest BCUT2D eigenvalue weighted by Gasteiger charge is -2.38. The van der Waals surface area contributed by atoms with Gasteiger partial charge in [-0.15, -0.1) is 0 Å². The van der Waals surface area contributed by atoms with E-state index in [-0.39, 0.29) is 18.1 Å². The molecule has 1 saturated heterocycles. The summed E-state index contributed by atoms with van der Waals surface area (Å²) in [4.78, 5) is 18.6. The maximum absolute atomic E-state index is 12.5. The number of amides is 1. The largest absolute Gasteiger partial charge is 0.393 e. The quantitative estimate of drug-likeness (QED) is 0.776. The molecule has 24 heavy (non-hydrogen) atoms. The summed E-state index contributed by atoms with van der Waals surface area (Å²) in [6, 6.07) is 2.32. The summed E-state index contributed by atoms with van der Waals surface area (Å²) in [5, 5.41) is 19.2. The zero-order chi connectivity index (χ0) is 17.7. The molecule has 0 aromatic rings. The number of carbonyl (C=O) groups is 1. The van der Waals surface area contributed by atoms with Gasteiger partial charge in [-0.05, 0) is 31.7 Å². The van der Waals surface area contributed by atoms with E-state index in [1.807, 2.05) is 16.8 Å². The fourth-order valence-electron chi connectivity index (χ4n) is 3.93. The summed E-state index contributed by atoms with van der Waals surface area (Å²) in [7, 11) is 1.96. The highest BCUT2D eigenvalue weighted by Gasteiger charge is 2.29. The van der Waals surface area contributed by atoms with Crippen LogP contribution in [0.5, 0.6) is 0 Å². The van der Waals surface area contributed by atoms with Crippen molar-refractivity contribution in [1.82, 2.24) is 14.7 Å². The van der Waals surface area contributed by atoms with Crippen LogP contribution in [0.15, 0.2) is 0 Å². The van der Waals surface area contributed by atoms with Crippen LogP contribution < -0.4 is 0 Å². The molecule has 0 spiro atoms. The number of nitriles is 1. The monoisotopic (exact) mass is 336 g/mol. The highest BCUT2D eigenvalue weighted by molar-refractivity contribution is 5.78. The van der Waals surface area contributed by atoms with Gasteiger partial charge in [0.15, 0.2) is 0 Å². The summed E-state index contributed by atoms with van der Waals surface area (Å²) in [6.45, 7) is 8.27. The normalized spacial score (nSPS) is 26.8. The van der Waals surface area contributed by atoms with Gasteiger partial charge in [-0.1, -0.05) is 20.3 Å². The molecular formula is C18H32N4O2. The molecule has 1 aliphatic carbocycles. The first kappa shape index (κ1) is 19.2. The number of likely N-dealkylation sites (N-methyl/N-ethyl adjacent to an activating group) is 1. The fraction of sp³-hybridized carbons (Fsp3) is 0.889. The van der Waals surface area contributed by atoms with E-state index in [4.69, 9.17) is 0 Å². The van der Waals surface area contributed by atoms with Crippen molar-refractivity contribution < 1.29 is 9.90 Å². The van der Waals surface area contributed by atoms with Gasteiger partial charge in [0, 0.05) is 32.7 Å². The Balaban J connectivity index is 1.75. The van der Waals surface area contributed by atoms with Crippen LogP contribution >= 0.6 is 0 Å². The second-order valence-corrected chi connectivity index (χ2v) is 7.69. The molecule has 6 heteroatoms. The van der Waals surface area contributed by atoms with Gasteiger partial charge in [0.25, 0.3) is 0 Å². The SMILES string of the molecule is CC(C)[C@H](C#N)N1CCN(C(=O)CN(C)C[C@@H]2CCC[C@@H]2O)CC1. The standard InChI is InChI=1S/C18H32N4O2/c1-14(2)16(11-19)21-7-9-22(10-8-21)18(24)13-20(3)12-15-5-4-6-17(15)23/h14-17,23H,4-10,12-13H2,1-3H3/t15-,16-,17-/m0/s1. The predicted octanol–water partition coefficient (Wildman–Crippen LogP) is 0.772. The maximum Gasteiger partial charge on any atom is 0.236 e. The lowest BCUT2D eigenvalue weighted by molar-refractivity contribution is -0.134. The number of aliphatic hydroxyl groups is 1. The van der Waals surface area contributed by atoms with Crippen molar-refractivity contribution in [3.63, 3.8) is 0 Å². The zero-order valence-corrected chi connectivity index (χ0v) is 15.3. The average Bonchev–Trinajstić information content (AvgIpc) is 2.93. The molecule has 3 atom stereocenters. The van der Waals surface area contributed by atoms with E-state index in [1.54, 1.807) is 0 Å². The Morgan fingerprint density at radius 3 is 2.46 bits per heavy atom. The van der Waals surface area contributed by atoms with Crippen LogP contribution in [0.1, 0.15) is 33.1 Å². The molecule has 1 N–H and O–H groups in total. The van der Waals surface area contributed by atoms with E-state index < -0.39 is 0 Å². The van der Waals surface area contributed by atoms with Crippen molar-refractivity contribution in [3.8, 4) is 6.07 Å². The Labute approximate surface area is 146 Å². The molecule has 0 unspecified atom stereocenters. The molecule has 2 aliphatic rings. The number of rotatable bonds is 6.